The molecule has 0 aliphatic carbocycles. The molecule has 0 atom stereocenters. The summed E-state index contributed by atoms with van der Waals surface area (Å²) >= 11 is 3.80. The van der Waals surface area contributed by atoms with Gasteiger partial charge in [0.15, 0.2) is 0 Å². The molecule has 1 aromatic rings. The molecule has 1 N–H and O–H groups in total. The summed E-state index contributed by atoms with van der Waals surface area (Å²) in [7, 11) is 0. The van der Waals surface area contributed by atoms with Gasteiger partial charge in [-0.25, -0.2) is 0 Å². The summed E-state index contributed by atoms with van der Waals surface area (Å²) in [6, 6.07) is 1.90. The fourth-order valence-corrected chi connectivity index (χ4v) is 2.58. The van der Waals surface area contributed by atoms with Crippen LogP contribution in [0.2, 0.25) is 0 Å². The third kappa shape index (κ3) is 6.38. The molecule has 0 bridgehead atoms. The minimum Gasteiger partial charge on any atom is -0.381 e. The van der Waals surface area contributed by atoms with Gasteiger partial charge in [0.1, 0.15) is 0 Å². The van der Waals surface area contributed by atoms with Gasteiger partial charge < -0.3 is 10.1 Å². The Kier molecular flexibility index (Phi) is 7.79. The van der Waals surface area contributed by atoms with Crippen LogP contribution in [0, 0.1) is 2.88 Å². The summed E-state index contributed by atoms with van der Waals surface area (Å²) in [6.07, 6.45) is 3.14. The lowest BCUT2D eigenvalue weighted by Gasteiger charge is -2.04. The van der Waals surface area contributed by atoms with E-state index in [0.717, 1.165) is 40.9 Å². The topological polar surface area (TPSA) is 38.3 Å². The third-order valence-electron chi connectivity index (χ3n) is 2.22. The molecule has 0 unspecified atom stereocenters. The Labute approximate surface area is 120 Å². The van der Waals surface area contributed by atoms with E-state index < -0.39 is 0 Å². The van der Waals surface area contributed by atoms with Crippen molar-refractivity contribution in [1.82, 2.24) is 5.32 Å². The zero-order chi connectivity index (χ0) is 12.5. The van der Waals surface area contributed by atoms with Gasteiger partial charge in [0.25, 0.3) is 5.91 Å². The summed E-state index contributed by atoms with van der Waals surface area (Å²) < 4.78 is 6.55. The van der Waals surface area contributed by atoms with Crippen LogP contribution in [0.4, 0.5) is 0 Å². The molecular formula is C12H18INO2S. The van der Waals surface area contributed by atoms with Crippen molar-refractivity contribution in [3.8, 4) is 0 Å². The second-order valence-electron chi connectivity index (χ2n) is 3.71. The lowest BCUT2D eigenvalue weighted by Crippen LogP contribution is -2.24. The number of halogens is 1. The maximum atomic E-state index is 11.6. The lowest BCUT2D eigenvalue weighted by atomic mass is 10.3. The lowest BCUT2D eigenvalue weighted by molar-refractivity contribution is 0.0941. The van der Waals surface area contributed by atoms with Crippen LogP contribution in [-0.4, -0.2) is 25.7 Å². The van der Waals surface area contributed by atoms with Crippen LogP contribution >= 0.6 is 33.9 Å². The van der Waals surface area contributed by atoms with E-state index in [1.807, 2.05) is 11.4 Å². The van der Waals surface area contributed by atoms with E-state index in [2.05, 4.69) is 34.8 Å². The first-order valence-corrected chi connectivity index (χ1v) is 7.80. The summed E-state index contributed by atoms with van der Waals surface area (Å²) in [4.78, 5) is 11.6. The quantitative estimate of drug-likeness (QED) is 0.566. The molecule has 1 amide bonds. The SMILES string of the molecule is CCCCOCCCNC(=O)c1csc(I)c1. The number of unbranched alkanes of at least 4 members (excludes halogenated alkanes) is 1. The molecule has 1 heterocycles. The molecule has 3 nitrogen and oxygen atoms in total. The number of nitrogens with one attached hydrogen (secondary N) is 1. The Bertz CT molecular complexity index is 341. The van der Waals surface area contributed by atoms with Gasteiger partial charge in [-0.15, -0.1) is 11.3 Å². The van der Waals surface area contributed by atoms with Crippen molar-refractivity contribution >= 4 is 39.8 Å². The number of ether oxygens (including phenoxy) is 1. The Morgan fingerprint density at radius 1 is 1.47 bits per heavy atom. The van der Waals surface area contributed by atoms with E-state index in [1.54, 1.807) is 11.3 Å². The normalized spacial score (nSPS) is 10.5. The van der Waals surface area contributed by atoms with Crippen LogP contribution in [-0.2, 0) is 4.74 Å². The summed E-state index contributed by atoms with van der Waals surface area (Å²) in [6.45, 7) is 4.37. The summed E-state index contributed by atoms with van der Waals surface area (Å²) in [5, 5.41) is 4.77. The van der Waals surface area contributed by atoms with Crippen LogP contribution in [0.5, 0.6) is 0 Å². The van der Waals surface area contributed by atoms with Gasteiger partial charge in [-0.05, 0) is 41.5 Å². The highest BCUT2D eigenvalue weighted by Gasteiger charge is 2.06. The number of hydrogen-bond acceptors (Lipinski definition) is 3. The van der Waals surface area contributed by atoms with Crippen molar-refractivity contribution in [1.29, 1.82) is 0 Å². The number of hydrogen-bond donors (Lipinski definition) is 1. The Balaban J connectivity index is 2.05. The van der Waals surface area contributed by atoms with E-state index in [9.17, 15) is 4.79 Å². The highest BCUT2D eigenvalue weighted by atomic mass is 127. The predicted octanol–water partition coefficient (Wildman–Crippen LogP) is 3.29. The zero-order valence-electron chi connectivity index (χ0n) is 10.0. The van der Waals surface area contributed by atoms with Crippen molar-refractivity contribution in [2.24, 2.45) is 0 Å². The number of rotatable bonds is 8. The highest BCUT2D eigenvalue weighted by Crippen LogP contribution is 2.16. The Morgan fingerprint density at radius 3 is 2.88 bits per heavy atom. The standard InChI is InChI=1S/C12H18INO2S/c1-2-3-6-16-7-4-5-14-12(15)10-8-11(13)17-9-10/h8-9H,2-7H2,1H3,(H,14,15). The van der Waals surface area contributed by atoms with Crippen LogP contribution in [0.25, 0.3) is 0 Å². The average Bonchev–Trinajstić information content (AvgIpc) is 2.74. The monoisotopic (exact) mass is 367 g/mol. The molecule has 17 heavy (non-hydrogen) atoms. The molecular weight excluding hydrogens is 349 g/mol. The first-order valence-electron chi connectivity index (χ1n) is 5.84. The van der Waals surface area contributed by atoms with Crippen LogP contribution in [0.15, 0.2) is 11.4 Å². The van der Waals surface area contributed by atoms with E-state index in [1.165, 1.54) is 0 Å². The largest absolute Gasteiger partial charge is 0.381 e. The molecule has 0 spiro atoms. The van der Waals surface area contributed by atoms with E-state index in [-0.39, 0.29) is 5.91 Å². The van der Waals surface area contributed by atoms with Crippen LogP contribution in [0.1, 0.15) is 36.5 Å². The van der Waals surface area contributed by atoms with Gasteiger partial charge in [0.05, 0.1) is 8.45 Å². The maximum absolute atomic E-state index is 11.6. The molecule has 0 aromatic carbocycles. The van der Waals surface area contributed by atoms with Gasteiger partial charge >= 0.3 is 0 Å². The number of carbonyl (C=O) groups excluding carboxylic acids is 1. The zero-order valence-corrected chi connectivity index (χ0v) is 13.0. The fraction of sp³-hybridized carbons (Fsp3) is 0.583. The molecule has 96 valence electrons. The number of carbonyl (C=O) groups is 1. The Hall–Kier alpha value is -0.140. The van der Waals surface area contributed by atoms with Gasteiger partial charge in [0, 0.05) is 25.1 Å². The van der Waals surface area contributed by atoms with Crippen molar-refractivity contribution in [3.63, 3.8) is 0 Å². The fourth-order valence-electron chi connectivity index (χ4n) is 1.26. The van der Waals surface area contributed by atoms with Gasteiger partial charge in [-0.1, -0.05) is 13.3 Å². The van der Waals surface area contributed by atoms with Crippen LogP contribution < -0.4 is 5.32 Å². The number of amides is 1. The van der Waals surface area contributed by atoms with E-state index >= 15 is 0 Å². The highest BCUT2D eigenvalue weighted by molar-refractivity contribution is 14.1. The van der Waals surface area contributed by atoms with Gasteiger partial charge in [0.2, 0.25) is 0 Å². The minimum absolute atomic E-state index is 0.0118. The minimum atomic E-state index is 0.0118. The number of thiophene rings is 1. The van der Waals surface area contributed by atoms with Crippen molar-refractivity contribution in [2.45, 2.75) is 26.2 Å². The molecule has 0 saturated heterocycles. The summed E-state index contributed by atoms with van der Waals surface area (Å²) in [5.41, 5.74) is 0.756. The molecule has 1 rings (SSSR count). The average molecular weight is 367 g/mol. The second-order valence-corrected chi connectivity index (χ2v) is 6.52. The van der Waals surface area contributed by atoms with Crippen LogP contribution in [0.3, 0.4) is 0 Å². The van der Waals surface area contributed by atoms with Crippen molar-refractivity contribution in [2.75, 3.05) is 19.8 Å². The first-order chi connectivity index (χ1) is 8.24. The van der Waals surface area contributed by atoms with Crippen molar-refractivity contribution in [3.05, 3.63) is 19.9 Å². The Morgan fingerprint density at radius 2 is 2.24 bits per heavy atom. The summed E-state index contributed by atoms with van der Waals surface area (Å²) in [5.74, 6) is 0.0118. The van der Waals surface area contributed by atoms with Gasteiger partial charge in [-0.3, -0.25) is 4.79 Å². The predicted molar refractivity (Wildman–Crippen MR) is 79.7 cm³/mol. The molecule has 0 saturated carbocycles. The molecule has 0 radical (unpaired) electrons. The van der Waals surface area contributed by atoms with E-state index in [4.69, 9.17) is 4.74 Å². The molecule has 5 heteroatoms. The molecule has 0 aliphatic rings. The van der Waals surface area contributed by atoms with Gasteiger partial charge in [-0.2, -0.15) is 0 Å². The smallest absolute Gasteiger partial charge is 0.252 e. The molecule has 0 aliphatic heterocycles. The third-order valence-corrected chi connectivity index (χ3v) is 4.01. The van der Waals surface area contributed by atoms with E-state index in [0.29, 0.717) is 6.54 Å². The second kappa shape index (κ2) is 8.88. The first kappa shape index (κ1) is 14.9. The molecule has 0 fully saturated rings. The van der Waals surface area contributed by atoms with Crippen molar-refractivity contribution < 1.29 is 9.53 Å². The molecule has 1 aromatic heterocycles. The maximum Gasteiger partial charge on any atom is 0.252 e.